The highest BCUT2D eigenvalue weighted by Crippen LogP contribution is 2.29. The summed E-state index contributed by atoms with van der Waals surface area (Å²) < 4.78 is 33.4. The van der Waals surface area contributed by atoms with Crippen LogP contribution in [0.5, 0.6) is 0 Å². The first-order chi connectivity index (χ1) is 16.4. The van der Waals surface area contributed by atoms with Gasteiger partial charge in [0.15, 0.2) is 0 Å². The molecule has 0 saturated carbocycles. The molecule has 10 heteroatoms. The number of piperidine rings is 1. The van der Waals surface area contributed by atoms with Crippen LogP contribution in [0.1, 0.15) is 18.4 Å². The fourth-order valence-electron chi connectivity index (χ4n) is 4.22. The van der Waals surface area contributed by atoms with E-state index in [4.69, 9.17) is 4.42 Å². The number of fused-ring (bicyclic) bond motifs is 1. The monoisotopic (exact) mass is 477 g/mol. The van der Waals surface area contributed by atoms with Crippen molar-refractivity contribution in [2.45, 2.75) is 24.7 Å². The molecule has 1 aliphatic rings. The molecule has 0 aliphatic carbocycles. The molecule has 1 aliphatic heterocycles. The van der Waals surface area contributed by atoms with Gasteiger partial charge in [-0.2, -0.15) is 4.31 Å². The topological polar surface area (TPSA) is 118 Å². The smallest absolute Gasteiger partial charge is 0.247 e. The predicted molar refractivity (Wildman–Crippen MR) is 126 cm³/mol. The van der Waals surface area contributed by atoms with Gasteiger partial charge in [0.25, 0.3) is 0 Å². The zero-order valence-electron chi connectivity index (χ0n) is 18.5. The van der Waals surface area contributed by atoms with Gasteiger partial charge in [-0.15, -0.1) is 10.2 Å². The van der Waals surface area contributed by atoms with Crippen LogP contribution in [0.25, 0.3) is 22.4 Å². The molecule has 34 heavy (non-hydrogen) atoms. The number of pyridine rings is 1. The lowest BCUT2D eigenvalue weighted by Crippen LogP contribution is -2.41. The summed E-state index contributed by atoms with van der Waals surface area (Å²) in [7, 11) is -3.72. The van der Waals surface area contributed by atoms with Crippen LogP contribution in [0.15, 0.2) is 70.4 Å². The highest BCUT2D eigenvalue weighted by molar-refractivity contribution is 7.89. The van der Waals surface area contributed by atoms with Gasteiger partial charge in [-0.1, -0.05) is 18.2 Å². The predicted octanol–water partition coefficient (Wildman–Crippen LogP) is 3.63. The number of rotatable bonds is 5. The van der Waals surface area contributed by atoms with Crippen LogP contribution in [-0.2, 0) is 14.8 Å². The number of aryl methyl sites for hydroxylation is 1. The molecule has 0 radical (unpaired) electrons. The van der Waals surface area contributed by atoms with E-state index in [-0.39, 0.29) is 29.8 Å². The molecule has 2 aromatic carbocycles. The molecule has 5 rings (SSSR count). The standard InChI is InChI=1S/C24H23N5O4S/c1-16-12-18-4-3-7-21(22(18)25-14-16)34(31,32)29-10-8-17(9-11-29)23(30)27-20-6-2-5-19(13-20)24-28-26-15-33-24/h2-7,12-15,17H,8-11H2,1H3,(H,27,30). The van der Waals surface area contributed by atoms with Crippen LogP contribution in [0.2, 0.25) is 0 Å². The Morgan fingerprint density at radius 1 is 1.12 bits per heavy atom. The zero-order valence-corrected chi connectivity index (χ0v) is 19.3. The van der Waals surface area contributed by atoms with Crippen LogP contribution in [0.3, 0.4) is 0 Å². The number of nitrogens with zero attached hydrogens (tertiary/aromatic N) is 4. The number of carbonyl (C=O) groups is 1. The molecule has 1 N–H and O–H groups in total. The van der Waals surface area contributed by atoms with E-state index in [1.807, 2.05) is 25.1 Å². The summed E-state index contributed by atoms with van der Waals surface area (Å²) >= 11 is 0. The van der Waals surface area contributed by atoms with Crippen LogP contribution in [-0.4, -0.2) is 46.9 Å². The number of anilines is 1. The minimum atomic E-state index is -3.72. The summed E-state index contributed by atoms with van der Waals surface area (Å²) in [6.07, 6.45) is 3.79. The summed E-state index contributed by atoms with van der Waals surface area (Å²) in [5, 5.41) is 11.3. The van der Waals surface area contributed by atoms with Crippen molar-refractivity contribution >= 4 is 32.5 Å². The molecule has 2 aromatic heterocycles. The quantitative estimate of drug-likeness (QED) is 0.466. The number of sulfonamides is 1. The Labute approximate surface area is 196 Å². The highest BCUT2D eigenvalue weighted by Gasteiger charge is 2.33. The zero-order chi connectivity index (χ0) is 23.7. The summed E-state index contributed by atoms with van der Waals surface area (Å²) in [6.45, 7) is 2.46. The van der Waals surface area contributed by atoms with E-state index in [0.717, 1.165) is 10.9 Å². The number of amides is 1. The van der Waals surface area contributed by atoms with E-state index in [1.54, 1.807) is 36.5 Å². The maximum atomic E-state index is 13.4. The van der Waals surface area contributed by atoms with Gasteiger partial charge in [0, 0.05) is 41.8 Å². The average molecular weight is 478 g/mol. The molecule has 0 bridgehead atoms. The second-order valence-electron chi connectivity index (χ2n) is 8.33. The van der Waals surface area contributed by atoms with Crippen molar-refractivity contribution in [3.8, 4) is 11.5 Å². The van der Waals surface area contributed by atoms with E-state index in [1.165, 1.54) is 10.7 Å². The van der Waals surface area contributed by atoms with Gasteiger partial charge in [0.05, 0.1) is 5.52 Å². The minimum absolute atomic E-state index is 0.137. The van der Waals surface area contributed by atoms with Gasteiger partial charge >= 0.3 is 0 Å². The van der Waals surface area contributed by atoms with Crippen LogP contribution in [0.4, 0.5) is 5.69 Å². The first kappa shape index (κ1) is 22.2. The lowest BCUT2D eigenvalue weighted by molar-refractivity contribution is -0.120. The van der Waals surface area contributed by atoms with E-state index >= 15 is 0 Å². The first-order valence-electron chi connectivity index (χ1n) is 10.9. The molecule has 0 atom stereocenters. The average Bonchev–Trinajstić information content (AvgIpc) is 3.39. The maximum Gasteiger partial charge on any atom is 0.247 e. The largest absolute Gasteiger partial charge is 0.423 e. The second-order valence-corrected chi connectivity index (χ2v) is 10.2. The third-order valence-corrected chi connectivity index (χ3v) is 7.92. The van der Waals surface area contributed by atoms with E-state index in [0.29, 0.717) is 35.5 Å². The Morgan fingerprint density at radius 2 is 1.91 bits per heavy atom. The first-order valence-corrected chi connectivity index (χ1v) is 12.4. The van der Waals surface area contributed by atoms with Crippen molar-refractivity contribution in [3.05, 3.63) is 66.7 Å². The van der Waals surface area contributed by atoms with Crippen LogP contribution < -0.4 is 5.32 Å². The summed E-state index contributed by atoms with van der Waals surface area (Å²) in [6, 6.07) is 14.3. The van der Waals surface area contributed by atoms with Gasteiger partial charge in [0.2, 0.25) is 28.2 Å². The number of nitrogens with one attached hydrogen (secondary N) is 1. The highest BCUT2D eigenvalue weighted by atomic mass is 32.2. The normalized spacial score (nSPS) is 15.4. The maximum absolute atomic E-state index is 13.4. The lowest BCUT2D eigenvalue weighted by Gasteiger charge is -2.30. The summed E-state index contributed by atoms with van der Waals surface area (Å²) in [5.41, 5.74) is 2.76. The van der Waals surface area contributed by atoms with E-state index in [2.05, 4.69) is 20.5 Å². The van der Waals surface area contributed by atoms with E-state index < -0.39 is 10.0 Å². The molecular formula is C24H23N5O4S. The molecule has 1 saturated heterocycles. The number of carbonyl (C=O) groups excluding carboxylic acids is 1. The molecule has 0 spiro atoms. The third-order valence-electron chi connectivity index (χ3n) is 5.99. The summed E-state index contributed by atoms with van der Waals surface area (Å²) in [5.74, 6) is -0.0541. The van der Waals surface area contributed by atoms with Gasteiger partial charge in [-0.05, 0) is 55.7 Å². The van der Waals surface area contributed by atoms with Gasteiger partial charge < -0.3 is 9.73 Å². The number of hydrogen-bond acceptors (Lipinski definition) is 7. The number of para-hydroxylation sites is 1. The Balaban J connectivity index is 1.27. The molecule has 174 valence electrons. The molecule has 3 heterocycles. The van der Waals surface area contributed by atoms with Crippen molar-refractivity contribution in [3.63, 3.8) is 0 Å². The molecule has 4 aromatic rings. The van der Waals surface area contributed by atoms with E-state index in [9.17, 15) is 13.2 Å². The molecule has 9 nitrogen and oxygen atoms in total. The van der Waals surface area contributed by atoms with Gasteiger partial charge in [0.1, 0.15) is 4.90 Å². The van der Waals surface area contributed by atoms with Gasteiger partial charge in [-0.3, -0.25) is 9.78 Å². The van der Waals surface area contributed by atoms with Crippen molar-refractivity contribution in [1.82, 2.24) is 19.5 Å². The fraction of sp³-hybridized carbons (Fsp3) is 0.250. The Morgan fingerprint density at radius 3 is 2.68 bits per heavy atom. The number of hydrogen-bond donors (Lipinski definition) is 1. The van der Waals surface area contributed by atoms with Gasteiger partial charge in [-0.25, -0.2) is 8.42 Å². The van der Waals surface area contributed by atoms with Crippen molar-refractivity contribution in [1.29, 1.82) is 0 Å². The Bertz CT molecular complexity index is 1450. The van der Waals surface area contributed by atoms with Crippen LogP contribution in [0, 0.1) is 12.8 Å². The molecule has 0 unspecified atom stereocenters. The molecule has 1 amide bonds. The Kier molecular flexibility index (Phi) is 5.84. The SMILES string of the molecule is Cc1cnc2c(S(=O)(=O)N3CCC(C(=O)Nc4cccc(-c5nnco5)c4)CC3)cccc2c1. The number of benzene rings is 2. The van der Waals surface area contributed by atoms with Crippen molar-refractivity contribution < 1.29 is 17.6 Å². The molecule has 1 fully saturated rings. The molecular weight excluding hydrogens is 454 g/mol. The van der Waals surface area contributed by atoms with Crippen molar-refractivity contribution in [2.75, 3.05) is 18.4 Å². The van der Waals surface area contributed by atoms with Crippen LogP contribution >= 0.6 is 0 Å². The van der Waals surface area contributed by atoms with Crippen molar-refractivity contribution in [2.24, 2.45) is 5.92 Å². The second kappa shape index (κ2) is 8.96. The third kappa shape index (κ3) is 4.29. The minimum Gasteiger partial charge on any atom is -0.423 e. The lowest BCUT2D eigenvalue weighted by atomic mass is 9.97. The Hall–Kier alpha value is -3.63. The fourth-order valence-corrected chi connectivity index (χ4v) is 5.86. The summed E-state index contributed by atoms with van der Waals surface area (Å²) in [4.78, 5) is 17.4. The number of aromatic nitrogens is 3.